The Morgan fingerprint density at radius 2 is 2.07 bits per heavy atom. The molecule has 2 heterocycles. The lowest BCUT2D eigenvalue weighted by molar-refractivity contribution is -0.115. The molecule has 146 valence electrons. The van der Waals surface area contributed by atoms with Crippen molar-refractivity contribution in [1.82, 2.24) is 4.98 Å². The predicted molar refractivity (Wildman–Crippen MR) is 109 cm³/mol. The van der Waals surface area contributed by atoms with E-state index in [2.05, 4.69) is 15.3 Å². The van der Waals surface area contributed by atoms with Gasteiger partial charge in [-0.25, -0.2) is 8.78 Å². The molecule has 0 spiro atoms. The highest BCUT2D eigenvalue weighted by molar-refractivity contribution is 6.12. The van der Waals surface area contributed by atoms with Crippen LogP contribution in [-0.2, 0) is 11.3 Å². The first-order chi connectivity index (χ1) is 14.0. The molecule has 0 radical (unpaired) electrons. The van der Waals surface area contributed by atoms with Crippen LogP contribution in [0.25, 0.3) is 0 Å². The van der Waals surface area contributed by atoms with Gasteiger partial charge in [0.2, 0.25) is 5.91 Å². The van der Waals surface area contributed by atoms with Crippen LogP contribution in [0.3, 0.4) is 0 Å². The molecule has 1 N–H and O–H groups in total. The molecule has 29 heavy (non-hydrogen) atoms. The number of pyridine rings is 1. The SMILES string of the molecule is CN(Cc1cccnc1)c1ccc(N=CC2C(=O)Nc3ccc(F)cc32)cc1F. The summed E-state index contributed by atoms with van der Waals surface area (Å²) >= 11 is 0. The van der Waals surface area contributed by atoms with E-state index in [4.69, 9.17) is 0 Å². The van der Waals surface area contributed by atoms with Crippen LogP contribution in [0.15, 0.2) is 65.9 Å². The Morgan fingerprint density at radius 3 is 2.83 bits per heavy atom. The molecule has 3 aromatic rings. The Labute approximate surface area is 166 Å². The van der Waals surface area contributed by atoms with Crippen molar-refractivity contribution in [2.75, 3.05) is 17.3 Å². The summed E-state index contributed by atoms with van der Waals surface area (Å²) in [5.41, 5.74) is 2.85. The summed E-state index contributed by atoms with van der Waals surface area (Å²) in [6, 6.07) is 12.5. The maximum Gasteiger partial charge on any atom is 0.237 e. The maximum atomic E-state index is 14.6. The number of anilines is 2. The summed E-state index contributed by atoms with van der Waals surface area (Å²) < 4.78 is 28.1. The van der Waals surface area contributed by atoms with Gasteiger partial charge in [0.05, 0.1) is 11.4 Å². The van der Waals surface area contributed by atoms with Gasteiger partial charge in [-0.15, -0.1) is 0 Å². The normalized spacial score (nSPS) is 15.4. The van der Waals surface area contributed by atoms with E-state index < -0.39 is 17.6 Å². The molecule has 0 saturated carbocycles. The molecule has 5 nitrogen and oxygen atoms in total. The number of amides is 1. The number of fused-ring (bicyclic) bond motifs is 1. The number of rotatable bonds is 5. The molecule has 1 aromatic heterocycles. The van der Waals surface area contributed by atoms with Gasteiger partial charge >= 0.3 is 0 Å². The number of carbonyl (C=O) groups is 1. The minimum absolute atomic E-state index is 0.289. The second-order valence-corrected chi connectivity index (χ2v) is 6.83. The summed E-state index contributed by atoms with van der Waals surface area (Å²) in [6.45, 7) is 0.512. The van der Waals surface area contributed by atoms with Crippen LogP contribution in [-0.4, -0.2) is 24.2 Å². The van der Waals surface area contributed by atoms with Gasteiger partial charge in [-0.2, -0.15) is 0 Å². The number of halogens is 2. The summed E-state index contributed by atoms with van der Waals surface area (Å²) in [5, 5.41) is 2.69. The van der Waals surface area contributed by atoms with Crippen LogP contribution < -0.4 is 10.2 Å². The minimum atomic E-state index is -0.711. The van der Waals surface area contributed by atoms with Gasteiger partial charge in [-0.05, 0) is 47.5 Å². The van der Waals surface area contributed by atoms with Gasteiger partial charge in [0, 0.05) is 44.0 Å². The summed E-state index contributed by atoms with van der Waals surface area (Å²) in [4.78, 5) is 22.2. The van der Waals surface area contributed by atoms with E-state index in [1.54, 1.807) is 36.5 Å². The molecule has 1 unspecified atom stereocenters. The number of benzene rings is 2. The third-order valence-electron chi connectivity index (χ3n) is 4.75. The number of nitrogens with one attached hydrogen (secondary N) is 1. The molecule has 1 amide bonds. The molecule has 7 heteroatoms. The highest BCUT2D eigenvalue weighted by Crippen LogP contribution is 2.32. The Balaban J connectivity index is 1.51. The second kappa shape index (κ2) is 7.79. The van der Waals surface area contributed by atoms with E-state index in [9.17, 15) is 13.6 Å². The first-order valence-corrected chi connectivity index (χ1v) is 9.05. The average molecular weight is 392 g/mol. The third-order valence-corrected chi connectivity index (χ3v) is 4.75. The monoisotopic (exact) mass is 392 g/mol. The van der Waals surface area contributed by atoms with Crippen LogP contribution in [0, 0.1) is 11.6 Å². The fourth-order valence-corrected chi connectivity index (χ4v) is 3.30. The van der Waals surface area contributed by atoms with Gasteiger partial charge < -0.3 is 10.2 Å². The Hall–Kier alpha value is -3.61. The van der Waals surface area contributed by atoms with Crippen molar-refractivity contribution in [3.05, 3.63) is 83.7 Å². The zero-order valence-electron chi connectivity index (χ0n) is 15.6. The van der Waals surface area contributed by atoms with E-state index in [-0.39, 0.29) is 5.91 Å². The van der Waals surface area contributed by atoms with Gasteiger partial charge in [0.15, 0.2) is 0 Å². The van der Waals surface area contributed by atoms with E-state index in [0.717, 1.165) is 5.56 Å². The van der Waals surface area contributed by atoms with Crippen LogP contribution in [0.5, 0.6) is 0 Å². The van der Waals surface area contributed by atoms with Crippen molar-refractivity contribution >= 4 is 29.2 Å². The predicted octanol–water partition coefficient (Wildman–Crippen LogP) is 4.43. The number of aliphatic imine (C=N–C) groups is 1. The molecule has 2 aromatic carbocycles. The Morgan fingerprint density at radius 1 is 1.21 bits per heavy atom. The minimum Gasteiger partial charge on any atom is -0.368 e. The number of hydrogen-bond acceptors (Lipinski definition) is 4. The highest BCUT2D eigenvalue weighted by Gasteiger charge is 2.29. The van der Waals surface area contributed by atoms with Crippen LogP contribution in [0.4, 0.5) is 25.8 Å². The quantitative estimate of drug-likeness (QED) is 0.654. The van der Waals surface area contributed by atoms with Gasteiger partial charge in [0.1, 0.15) is 17.6 Å². The number of aromatic nitrogens is 1. The summed E-state index contributed by atoms with van der Waals surface area (Å²) in [6.07, 6.45) is 4.84. The van der Waals surface area contributed by atoms with Crippen molar-refractivity contribution in [2.45, 2.75) is 12.5 Å². The fourth-order valence-electron chi connectivity index (χ4n) is 3.30. The number of carbonyl (C=O) groups excluding carboxylic acids is 1. The first-order valence-electron chi connectivity index (χ1n) is 9.05. The van der Waals surface area contributed by atoms with Crippen LogP contribution >= 0.6 is 0 Å². The van der Waals surface area contributed by atoms with Crippen molar-refractivity contribution in [3.63, 3.8) is 0 Å². The molecular formula is C22H18F2N4O. The van der Waals surface area contributed by atoms with E-state index in [0.29, 0.717) is 29.2 Å². The molecule has 0 bridgehead atoms. The molecule has 0 aliphatic carbocycles. The molecular weight excluding hydrogens is 374 g/mol. The maximum absolute atomic E-state index is 14.6. The number of nitrogens with zero attached hydrogens (tertiary/aromatic N) is 3. The van der Waals surface area contributed by atoms with Gasteiger partial charge in [0.25, 0.3) is 0 Å². The zero-order chi connectivity index (χ0) is 20.4. The fraction of sp³-hybridized carbons (Fsp3) is 0.136. The third kappa shape index (κ3) is 3.99. The van der Waals surface area contributed by atoms with Crippen molar-refractivity contribution in [1.29, 1.82) is 0 Å². The van der Waals surface area contributed by atoms with E-state index >= 15 is 0 Å². The molecule has 0 saturated heterocycles. The average Bonchev–Trinajstić information content (AvgIpc) is 3.01. The lowest BCUT2D eigenvalue weighted by atomic mass is 10.0. The van der Waals surface area contributed by atoms with E-state index in [1.165, 1.54) is 30.5 Å². The zero-order valence-corrected chi connectivity index (χ0v) is 15.6. The van der Waals surface area contributed by atoms with Crippen molar-refractivity contribution < 1.29 is 13.6 Å². The lowest BCUT2D eigenvalue weighted by Crippen LogP contribution is -2.17. The molecule has 1 aliphatic heterocycles. The van der Waals surface area contributed by atoms with Crippen LogP contribution in [0.2, 0.25) is 0 Å². The van der Waals surface area contributed by atoms with E-state index in [1.807, 2.05) is 12.1 Å². The number of hydrogen-bond donors (Lipinski definition) is 1. The summed E-state index contributed by atoms with van der Waals surface area (Å²) in [7, 11) is 1.79. The topological polar surface area (TPSA) is 57.6 Å². The first kappa shape index (κ1) is 18.7. The largest absolute Gasteiger partial charge is 0.368 e. The standard InChI is InChI=1S/C22H18F2N4O/c1-28(13-14-3-2-8-25-11-14)21-7-5-16(10-19(21)24)26-12-18-17-9-15(23)4-6-20(17)27-22(18)29/h2-12,18H,13H2,1H3,(H,27,29). The smallest absolute Gasteiger partial charge is 0.237 e. The van der Waals surface area contributed by atoms with Gasteiger partial charge in [-0.3, -0.25) is 14.8 Å². The Kier molecular flexibility index (Phi) is 5.03. The summed E-state index contributed by atoms with van der Waals surface area (Å²) in [5.74, 6) is -1.85. The highest BCUT2D eigenvalue weighted by atomic mass is 19.1. The van der Waals surface area contributed by atoms with Gasteiger partial charge in [-0.1, -0.05) is 6.07 Å². The van der Waals surface area contributed by atoms with Crippen molar-refractivity contribution in [3.8, 4) is 0 Å². The molecule has 0 fully saturated rings. The lowest BCUT2D eigenvalue weighted by Gasteiger charge is -2.20. The molecule has 1 aliphatic rings. The van der Waals surface area contributed by atoms with Crippen LogP contribution in [0.1, 0.15) is 17.0 Å². The Bertz CT molecular complexity index is 1090. The molecule has 4 rings (SSSR count). The van der Waals surface area contributed by atoms with Crippen molar-refractivity contribution in [2.24, 2.45) is 4.99 Å². The second-order valence-electron chi connectivity index (χ2n) is 6.83. The molecule has 1 atom stereocenters.